The van der Waals surface area contributed by atoms with Gasteiger partial charge in [0.15, 0.2) is 0 Å². The normalized spacial score (nSPS) is 13.1. The van der Waals surface area contributed by atoms with Gasteiger partial charge in [-0.25, -0.2) is 17.2 Å². The van der Waals surface area contributed by atoms with E-state index in [1.807, 2.05) is 0 Å². The van der Waals surface area contributed by atoms with E-state index in [0.717, 1.165) is 12.1 Å². The number of fused-ring (bicyclic) bond motifs is 1. The second-order valence-corrected chi connectivity index (χ2v) is 8.95. The Kier molecular flexibility index (Phi) is 5.49. The minimum atomic E-state index is -4.24. The molecule has 0 saturated carbocycles. The van der Waals surface area contributed by atoms with Crippen LogP contribution >= 0.6 is 27.5 Å². The maximum Gasteiger partial charge on any atom is 0.264 e. The standard InChI is InChI=1S/C17H14BrClF2N2O3S/c1-9(24)7-23-8-17(11-3-2-10(19)4-16(11)23)27(25,26)22-15-6-13(20)12(18)5-14(15)21/h2-6,8-9,22,24H,7H2,1H3. The topological polar surface area (TPSA) is 71.3 Å². The van der Waals surface area contributed by atoms with E-state index in [1.54, 1.807) is 17.6 Å². The largest absolute Gasteiger partial charge is 0.392 e. The Bertz CT molecular complexity index is 1130. The second-order valence-electron chi connectivity index (χ2n) is 6.01. The number of rotatable bonds is 5. The van der Waals surface area contributed by atoms with Crippen molar-refractivity contribution in [3.8, 4) is 0 Å². The number of sulfonamides is 1. The molecule has 1 atom stereocenters. The van der Waals surface area contributed by atoms with Gasteiger partial charge < -0.3 is 9.67 Å². The minimum absolute atomic E-state index is 0.119. The van der Waals surface area contributed by atoms with Crippen LogP contribution in [0, 0.1) is 11.6 Å². The van der Waals surface area contributed by atoms with E-state index in [9.17, 15) is 22.3 Å². The van der Waals surface area contributed by atoms with Gasteiger partial charge in [0, 0.05) is 29.2 Å². The summed E-state index contributed by atoms with van der Waals surface area (Å²) in [5.41, 5.74) is -0.0210. The summed E-state index contributed by atoms with van der Waals surface area (Å²) in [6.07, 6.45) is 0.588. The first-order valence-electron chi connectivity index (χ1n) is 7.72. The van der Waals surface area contributed by atoms with Crippen molar-refractivity contribution < 1.29 is 22.3 Å². The molecule has 0 spiro atoms. The molecule has 0 radical (unpaired) electrons. The smallest absolute Gasteiger partial charge is 0.264 e. The highest BCUT2D eigenvalue weighted by Gasteiger charge is 2.23. The third-order valence-corrected chi connectivity index (χ3v) is 6.05. The van der Waals surface area contributed by atoms with Crippen LogP contribution in [0.15, 0.2) is 45.9 Å². The molecule has 1 heterocycles. The molecule has 0 aliphatic rings. The number of halogens is 4. The molecule has 10 heteroatoms. The van der Waals surface area contributed by atoms with Crippen LogP contribution in [0.25, 0.3) is 10.9 Å². The molecule has 3 rings (SSSR count). The number of hydrogen-bond acceptors (Lipinski definition) is 3. The molecule has 0 saturated heterocycles. The van der Waals surface area contributed by atoms with E-state index >= 15 is 0 Å². The average Bonchev–Trinajstić information content (AvgIpc) is 2.90. The first-order valence-corrected chi connectivity index (χ1v) is 10.4. The first-order chi connectivity index (χ1) is 12.6. The van der Waals surface area contributed by atoms with Crippen molar-refractivity contribution in [1.29, 1.82) is 0 Å². The highest BCUT2D eigenvalue weighted by Crippen LogP contribution is 2.31. The Balaban J connectivity index is 2.12. The van der Waals surface area contributed by atoms with E-state index in [2.05, 4.69) is 20.7 Å². The highest BCUT2D eigenvalue weighted by atomic mass is 79.9. The van der Waals surface area contributed by atoms with E-state index in [-0.39, 0.29) is 15.9 Å². The fraction of sp³-hybridized carbons (Fsp3) is 0.176. The summed E-state index contributed by atoms with van der Waals surface area (Å²) in [6.45, 7) is 1.69. The van der Waals surface area contributed by atoms with Crippen LogP contribution < -0.4 is 4.72 Å². The van der Waals surface area contributed by atoms with Gasteiger partial charge in [-0.2, -0.15) is 0 Å². The fourth-order valence-corrected chi connectivity index (χ4v) is 4.45. The Morgan fingerprint density at radius 2 is 1.96 bits per heavy atom. The SMILES string of the molecule is CC(O)Cn1cc(S(=O)(=O)Nc2cc(F)c(Br)cc2F)c2ccc(Cl)cc21. The van der Waals surface area contributed by atoms with Crippen LogP contribution in [0.3, 0.4) is 0 Å². The number of aromatic nitrogens is 1. The lowest BCUT2D eigenvalue weighted by molar-refractivity contribution is 0.175. The molecule has 0 amide bonds. The first kappa shape index (κ1) is 20.1. The molecule has 2 aromatic carbocycles. The van der Waals surface area contributed by atoms with Gasteiger partial charge in [0.2, 0.25) is 0 Å². The molecule has 1 aromatic heterocycles. The van der Waals surface area contributed by atoms with Crippen LogP contribution in [0.1, 0.15) is 6.92 Å². The monoisotopic (exact) mass is 478 g/mol. The zero-order chi connectivity index (χ0) is 19.9. The minimum Gasteiger partial charge on any atom is -0.392 e. The lowest BCUT2D eigenvalue weighted by atomic mass is 10.2. The lowest BCUT2D eigenvalue weighted by Gasteiger charge is -2.09. The second kappa shape index (κ2) is 7.38. The number of aliphatic hydroxyl groups excluding tert-OH is 1. The predicted molar refractivity (Wildman–Crippen MR) is 103 cm³/mol. The molecule has 1 unspecified atom stereocenters. The molecule has 27 heavy (non-hydrogen) atoms. The zero-order valence-electron chi connectivity index (χ0n) is 13.9. The van der Waals surface area contributed by atoms with Crippen LogP contribution in [-0.2, 0) is 16.6 Å². The van der Waals surface area contributed by atoms with Crippen molar-refractivity contribution >= 4 is 54.1 Å². The molecular formula is C17H14BrClF2N2O3S. The molecule has 0 aliphatic heterocycles. The Labute approximate surface area is 167 Å². The van der Waals surface area contributed by atoms with Gasteiger partial charge in [-0.1, -0.05) is 11.6 Å². The molecule has 5 nitrogen and oxygen atoms in total. The quantitative estimate of drug-likeness (QED) is 0.529. The Hall–Kier alpha value is -1.68. The van der Waals surface area contributed by atoms with Crippen molar-refractivity contribution in [2.24, 2.45) is 0 Å². The molecule has 0 bridgehead atoms. The van der Waals surface area contributed by atoms with Crippen LogP contribution in [-0.4, -0.2) is 24.2 Å². The summed E-state index contributed by atoms with van der Waals surface area (Å²) in [4.78, 5) is -0.141. The number of hydrogen-bond donors (Lipinski definition) is 2. The van der Waals surface area contributed by atoms with Crippen molar-refractivity contribution in [3.63, 3.8) is 0 Å². The van der Waals surface area contributed by atoms with Crippen molar-refractivity contribution in [2.45, 2.75) is 24.5 Å². The third-order valence-electron chi connectivity index (χ3n) is 3.81. The fourth-order valence-electron chi connectivity index (χ4n) is 2.68. The molecule has 2 N–H and O–H groups in total. The summed E-state index contributed by atoms with van der Waals surface area (Å²) >= 11 is 8.84. The Morgan fingerprint density at radius 1 is 1.26 bits per heavy atom. The molecule has 0 aliphatic carbocycles. The summed E-state index contributed by atoms with van der Waals surface area (Å²) in [6, 6.07) is 6.20. The molecular weight excluding hydrogens is 466 g/mol. The van der Waals surface area contributed by atoms with Crippen molar-refractivity contribution in [2.75, 3.05) is 4.72 Å². The van der Waals surface area contributed by atoms with Gasteiger partial charge in [-0.05, 0) is 47.1 Å². The Morgan fingerprint density at radius 3 is 2.63 bits per heavy atom. The van der Waals surface area contributed by atoms with Gasteiger partial charge in [-0.15, -0.1) is 0 Å². The van der Waals surface area contributed by atoms with E-state index in [4.69, 9.17) is 11.6 Å². The molecule has 3 aromatic rings. The number of benzene rings is 2. The number of aliphatic hydroxyl groups is 1. The van der Waals surface area contributed by atoms with Crippen molar-refractivity contribution in [3.05, 3.63) is 57.7 Å². The number of anilines is 1. The maximum atomic E-state index is 14.0. The van der Waals surface area contributed by atoms with E-state index < -0.39 is 33.4 Å². The van der Waals surface area contributed by atoms with Gasteiger partial charge in [0.1, 0.15) is 16.5 Å². The van der Waals surface area contributed by atoms with Crippen molar-refractivity contribution in [1.82, 2.24) is 4.57 Å². The summed E-state index contributed by atoms with van der Waals surface area (Å²) in [7, 11) is -4.24. The molecule has 0 fully saturated rings. The van der Waals surface area contributed by atoms with Gasteiger partial charge in [-0.3, -0.25) is 4.72 Å². The predicted octanol–water partition coefficient (Wildman–Crippen LogP) is 4.52. The summed E-state index contributed by atoms with van der Waals surface area (Å²) in [5, 5.41) is 10.4. The van der Waals surface area contributed by atoms with Gasteiger partial charge in [0.25, 0.3) is 10.0 Å². The zero-order valence-corrected chi connectivity index (χ0v) is 17.0. The van der Waals surface area contributed by atoms with Gasteiger partial charge >= 0.3 is 0 Å². The van der Waals surface area contributed by atoms with Crippen LogP contribution in [0.5, 0.6) is 0 Å². The average molecular weight is 480 g/mol. The third kappa shape index (κ3) is 4.11. The summed E-state index contributed by atoms with van der Waals surface area (Å²) in [5.74, 6) is -1.74. The lowest BCUT2D eigenvalue weighted by Crippen LogP contribution is -2.14. The molecule has 144 valence electrons. The number of nitrogens with zero attached hydrogens (tertiary/aromatic N) is 1. The van der Waals surface area contributed by atoms with E-state index in [0.29, 0.717) is 15.9 Å². The highest BCUT2D eigenvalue weighted by molar-refractivity contribution is 9.10. The van der Waals surface area contributed by atoms with Crippen LogP contribution in [0.4, 0.5) is 14.5 Å². The van der Waals surface area contributed by atoms with E-state index in [1.165, 1.54) is 18.3 Å². The maximum absolute atomic E-state index is 14.0. The summed E-state index contributed by atoms with van der Waals surface area (Å²) < 4.78 is 56.9. The van der Waals surface area contributed by atoms with Gasteiger partial charge in [0.05, 0.1) is 21.8 Å². The van der Waals surface area contributed by atoms with Crippen LogP contribution in [0.2, 0.25) is 5.02 Å². The number of nitrogens with one attached hydrogen (secondary N) is 1.